The Balaban J connectivity index is 2.02. The zero-order valence-corrected chi connectivity index (χ0v) is 9.12. The summed E-state index contributed by atoms with van der Waals surface area (Å²) in [5, 5.41) is 6.86. The molecule has 0 unspecified atom stereocenters. The number of rotatable bonds is 3. The summed E-state index contributed by atoms with van der Waals surface area (Å²) in [6.07, 6.45) is 0. The lowest BCUT2D eigenvalue weighted by Gasteiger charge is -2.24. The molecule has 82 valence electrons. The third-order valence-electron chi connectivity index (χ3n) is 2.63. The van der Waals surface area contributed by atoms with Crippen LogP contribution in [0.25, 0.3) is 0 Å². The second kappa shape index (κ2) is 5.14. The quantitative estimate of drug-likeness (QED) is 0.782. The van der Waals surface area contributed by atoms with Gasteiger partial charge in [-0.3, -0.25) is 0 Å². The average molecular weight is 206 g/mol. The highest BCUT2D eigenvalue weighted by molar-refractivity contribution is 5.29. The van der Waals surface area contributed by atoms with Crippen LogP contribution in [-0.4, -0.2) is 26.2 Å². The van der Waals surface area contributed by atoms with Crippen molar-refractivity contribution < 1.29 is 4.74 Å². The fourth-order valence-electron chi connectivity index (χ4n) is 1.85. The molecule has 0 bridgehead atoms. The van der Waals surface area contributed by atoms with Gasteiger partial charge >= 0.3 is 0 Å². The van der Waals surface area contributed by atoms with Crippen LogP contribution in [0.1, 0.15) is 18.5 Å². The van der Waals surface area contributed by atoms with Crippen LogP contribution in [0.4, 0.5) is 0 Å². The SMILES string of the molecule is CCOc1ccc([C@@H]2CNCCN2)cc1. The number of hydrogen-bond acceptors (Lipinski definition) is 3. The van der Waals surface area contributed by atoms with Crippen LogP contribution in [0.2, 0.25) is 0 Å². The molecule has 3 nitrogen and oxygen atoms in total. The molecular weight excluding hydrogens is 188 g/mol. The van der Waals surface area contributed by atoms with E-state index in [1.165, 1.54) is 5.56 Å². The van der Waals surface area contributed by atoms with Crippen LogP contribution in [0.15, 0.2) is 24.3 Å². The van der Waals surface area contributed by atoms with E-state index in [9.17, 15) is 0 Å². The lowest BCUT2D eigenvalue weighted by Crippen LogP contribution is -2.42. The zero-order chi connectivity index (χ0) is 10.5. The maximum Gasteiger partial charge on any atom is 0.119 e. The van der Waals surface area contributed by atoms with E-state index in [1.807, 2.05) is 19.1 Å². The Kier molecular flexibility index (Phi) is 3.59. The molecule has 1 aromatic rings. The predicted molar refractivity (Wildman–Crippen MR) is 61.2 cm³/mol. The van der Waals surface area contributed by atoms with Crippen molar-refractivity contribution in [3.05, 3.63) is 29.8 Å². The smallest absolute Gasteiger partial charge is 0.119 e. The van der Waals surface area contributed by atoms with Crippen molar-refractivity contribution in [2.45, 2.75) is 13.0 Å². The number of hydrogen-bond donors (Lipinski definition) is 2. The molecule has 1 aromatic carbocycles. The van der Waals surface area contributed by atoms with E-state index >= 15 is 0 Å². The maximum atomic E-state index is 5.41. The first-order valence-electron chi connectivity index (χ1n) is 5.57. The minimum atomic E-state index is 0.439. The summed E-state index contributed by atoms with van der Waals surface area (Å²) >= 11 is 0. The Bertz CT molecular complexity index is 291. The topological polar surface area (TPSA) is 33.3 Å². The van der Waals surface area contributed by atoms with Gasteiger partial charge in [-0.25, -0.2) is 0 Å². The summed E-state index contributed by atoms with van der Waals surface area (Å²) in [6, 6.07) is 8.78. The standard InChI is InChI=1S/C12H18N2O/c1-2-15-11-5-3-10(4-6-11)12-9-13-7-8-14-12/h3-6,12-14H,2,7-9H2,1H3/t12-/m0/s1. The van der Waals surface area contributed by atoms with Crippen LogP contribution in [0.3, 0.4) is 0 Å². The van der Waals surface area contributed by atoms with Crippen LogP contribution in [0, 0.1) is 0 Å². The highest BCUT2D eigenvalue weighted by Gasteiger charge is 2.13. The summed E-state index contributed by atoms with van der Waals surface area (Å²) in [4.78, 5) is 0. The molecule has 0 aliphatic carbocycles. The first-order valence-corrected chi connectivity index (χ1v) is 5.57. The van der Waals surface area contributed by atoms with Gasteiger partial charge in [0.05, 0.1) is 6.61 Å². The first kappa shape index (κ1) is 10.5. The molecule has 0 radical (unpaired) electrons. The Morgan fingerprint density at radius 1 is 1.27 bits per heavy atom. The van der Waals surface area contributed by atoms with Crippen molar-refractivity contribution in [3.8, 4) is 5.75 Å². The molecule has 1 atom stereocenters. The lowest BCUT2D eigenvalue weighted by molar-refractivity contribution is 0.340. The van der Waals surface area contributed by atoms with Gasteiger partial charge in [0.25, 0.3) is 0 Å². The minimum absolute atomic E-state index is 0.439. The van der Waals surface area contributed by atoms with E-state index in [-0.39, 0.29) is 0 Å². The Hall–Kier alpha value is -1.06. The number of nitrogens with one attached hydrogen (secondary N) is 2. The molecule has 1 aliphatic rings. The number of ether oxygens (including phenoxy) is 1. The molecule has 15 heavy (non-hydrogen) atoms. The first-order chi connectivity index (χ1) is 7.40. The van der Waals surface area contributed by atoms with Gasteiger partial charge in [-0.05, 0) is 24.6 Å². The Labute approximate surface area is 90.8 Å². The number of benzene rings is 1. The molecule has 3 heteroatoms. The van der Waals surface area contributed by atoms with Crippen LogP contribution in [0.5, 0.6) is 5.75 Å². The fraction of sp³-hybridized carbons (Fsp3) is 0.500. The summed E-state index contributed by atoms with van der Waals surface area (Å²) in [6.45, 7) is 5.84. The zero-order valence-electron chi connectivity index (χ0n) is 9.12. The molecule has 2 rings (SSSR count). The molecule has 2 N–H and O–H groups in total. The van der Waals surface area contributed by atoms with Gasteiger partial charge in [0.15, 0.2) is 0 Å². The van der Waals surface area contributed by atoms with Crippen LogP contribution >= 0.6 is 0 Å². The third kappa shape index (κ3) is 2.70. The summed E-state index contributed by atoms with van der Waals surface area (Å²) in [7, 11) is 0. The van der Waals surface area contributed by atoms with Crippen molar-refractivity contribution >= 4 is 0 Å². The van der Waals surface area contributed by atoms with Gasteiger partial charge in [0.1, 0.15) is 5.75 Å². The van der Waals surface area contributed by atoms with E-state index in [1.54, 1.807) is 0 Å². The minimum Gasteiger partial charge on any atom is -0.494 e. The largest absolute Gasteiger partial charge is 0.494 e. The monoisotopic (exact) mass is 206 g/mol. The summed E-state index contributed by atoms with van der Waals surface area (Å²) in [5.74, 6) is 0.949. The van der Waals surface area contributed by atoms with Gasteiger partial charge in [-0.15, -0.1) is 0 Å². The van der Waals surface area contributed by atoms with Gasteiger partial charge < -0.3 is 15.4 Å². The fourth-order valence-corrected chi connectivity index (χ4v) is 1.85. The molecule has 1 saturated heterocycles. The van der Waals surface area contributed by atoms with E-state index in [4.69, 9.17) is 4.74 Å². The molecule has 0 amide bonds. The summed E-state index contributed by atoms with van der Waals surface area (Å²) < 4.78 is 5.41. The predicted octanol–water partition coefficient (Wildman–Crippen LogP) is 1.32. The maximum absolute atomic E-state index is 5.41. The molecule has 1 fully saturated rings. The van der Waals surface area contributed by atoms with Gasteiger partial charge in [-0.2, -0.15) is 0 Å². The van der Waals surface area contributed by atoms with Crippen molar-refractivity contribution in [1.82, 2.24) is 10.6 Å². The highest BCUT2D eigenvalue weighted by atomic mass is 16.5. The van der Waals surface area contributed by atoms with E-state index < -0.39 is 0 Å². The Morgan fingerprint density at radius 3 is 2.67 bits per heavy atom. The van der Waals surface area contributed by atoms with Crippen LogP contribution < -0.4 is 15.4 Å². The second-order valence-corrected chi connectivity index (χ2v) is 3.71. The Morgan fingerprint density at radius 2 is 2.07 bits per heavy atom. The molecule has 0 spiro atoms. The van der Waals surface area contributed by atoms with Gasteiger partial charge in [-0.1, -0.05) is 12.1 Å². The van der Waals surface area contributed by atoms with E-state index in [0.29, 0.717) is 6.04 Å². The lowest BCUT2D eigenvalue weighted by atomic mass is 10.1. The molecule has 0 saturated carbocycles. The van der Waals surface area contributed by atoms with Crippen molar-refractivity contribution in [3.63, 3.8) is 0 Å². The number of piperazine rings is 1. The van der Waals surface area contributed by atoms with Gasteiger partial charge in [0, 0.05) is 25.7 Å². The molecule has 1 heterocycles. The molecular formula is C12H18N2O. The highest BCUT2D eigenvalue weighted by Crippen LogP contribution is 2.18. The van der Waals surface area contributed by atoms with Crippen molar-refractivity contribution in [2.75, 3.05) is 26.2 Å². The molecule has 1 aliphatic heterocycles. The van der Waals surface area contributed by atoms with E-state index in [0.717, 1.165) is 32.0 Å². The summed E-state index contributed by atoms with van der Waals surface area (Å²) in [5.41, 5.74) is 1.32. The average Bonchev–Trinajstić information content (AvgIpc) is 2.32. The van der Waals surface area contributed by atoms with E-state index in [2.05, 4.69) is 22.8 Å². The van der Waals surface area contributed by atoms with Crippen molar-refractivity contribution in [1.29, 1.82) is 0 Å². The van der Waals surface area contributed by atoms with Crippen LogP contribution in [-0.2, 0) is 0 Å². The second-order valence-electron chi connectivity index (χ2n) is 3.71. The van der Waals surface area contributed by atoms with Crippen molar-refractivity contribution in [2.24, 2.45) is 0 Å². The third-order valence-corrected chi connectivity index (χ3v) is 2.63. The molecule has 0 aromatic heterocycles. The normalized spacial score (nSPS) is 21.3. The van der Waals surface area contributed by atoms with Gasteiger partial charge in [0.2, 0.25) is 0 Å².